The minimum absolute atomic E-state index is 1.13. The van der Waals surface area contributed by atoms with Gasteiger partial charge in [-0.1, -0.05) is 6.92 Å². The zero-order valence-corrected chi connectivity index (χ0v) is 7.05. The van der Waals surface area contributed by atoms with Gasteiger partial charge < -0.3 is 0 Å². The van der Waals surface area contributed by atoms with Crippen molar-refractivity contribution in [1.82, 2.24) is 0 Å². The maximum absolute atomic E-state index is 3.44. The zero-order chi connectivity index (χ0) is 5.98. The Morgan fingerprint density at radius 1 is 1.75 bits per heavy atom. The van der Waals surface area contributed by atoms with Gasteiger partial charge in [0.1, 0.15) is 0 Å². The first-order chi connectivity index (χ1) is 3.84. The molecule has 0 aromatic carbocycles. The van der Waals surface area contributed by atoms with Gasteiger partial charge in [-0.2, -0.15) is 0 Å². The Hall–Kier alpha value is 0.180. The maximum Gasteiger partial charge on any atom is 0.0730 e. The van der Waals surface area contributed by atoms with Gasteiger partial charge >= 0.3 is 0 Å². The fourth-order valence-corrected chi connectivity index (χ4v) is 2.03. The summed E-state index contributed by atoms with van der Waals surface area (Å²) in [5.41, 5.74) is 1.41. The van der Waals surface area contributed by atoms with E-state index in [1.165, 1.54) is 9.35 Å². The molecule has 1 heterocycles. The number of thiophene rings is 1. The van der Waals surface area contributed by atoms with Gasteiger partial charge in [0.25, 0.3) is 0 Å². The molecule has 0 spiro atoms. The fourth-order valence-electron chi connectivity index (χ4n) is 0.574. The van der Waals surface area contributed by atoms with E-state index in [4.69, 9.17) is 0 Å². The number of aryl methyl sites for hydroxylation is 1. The Morgan fingerprint density at radius 2 is 2.50 bits per heavy atom. The van der Waals surface area contributed by atoms with Crippen LogP contribution in [0, 0.1) is 0 Å². The van der Waals surface area contributed by atoms with Crippen molar-refractivity contribution in [3.8, 4) is 0 Å². The van der Waals surface area contributed by atoms with E-state index in [1.807, 2.05) is 0 Å². The quantitative estimate of drug-likeness (QED) is 0.639. The highest BCUT2D eigenvalue weighted by Crippen LogP contribution is 2.23. The van der Waals surface area contributed by atoms with Crippen molar-refractivity contribution >= 4 is 27.3 Å². The number of hydrogen-bond acceptors (Lipinski definition) is 1. The molecule has 2 heteroatoms. The lowest BCUT2D eigenvalue weighted by Crippen LogP contribution is -1.70. The van der Waals surface area contributed by atoms with E-state index in [9.17, 15) is 0 Å². The predicted molar refractivity (Wildman–Crippen MR) is 41.4 cm³/mol. The van der Waals surface area contributed by atoms with Crippen molar-refractivity contribution in [1.29, 1.82) is 0 Å². The molecule has 0 fully saturated rings. The van der Waals surface area contributed by atoms with E-state index in [2.05, 4.69) is 34.3 Å². The second kappa shape index (κ2) is 2.65. The van der Waals surface area contributed by atoms with Crippen LogP contribution in [-0.2, 0) is 6.42 Å². The average molecular weight is 191 g/mol. The molecule has 0 amide bonds. The van der Waals surface area contributed by atoms with Crippen molar-refractivity contribution < 1.29 is 0 Å². The molecule has 8 heavy (non-hydrogen) atoms. The Bertz CT molecular complexity index is 169. The smallest absolute Gasteiger partial charge is 0.0730 e. The van der Waals surface area contributed by atoms with Crippen LogP contribution in [0.2, 0.25) is 0 Å². The highest BCUT2D eigenvalue weighted by molar-refractivity contribution is 9.11. The molecule has 0 atom stereocenters. The first-order valence-corrected chi connectivity index (χ1v) is 4.23. The number of hydrogen-bond donors (Lipinski definition) is 0. The molecular weight excluding hydrogens is 184 g/mol. The molecule has 0 aliphatic carbocycles. The standard InChI is InChI=1S/C6H7BrS/c1-2-5-3-4-8-6(5)7/h3-4H,2H2,1H3. The van der Waals surface area contributed by atoms with E-state index in [0.29, 0.717) is 0 Å². The molecule has 0 radical (unpaired) electrons. The molecule has 0 saturated heterocycles. The lowest BCUT2D eigenvalue weighted by molar-refractivity contribution is 1.15. The lowest BCUT2D eigenvalue weighted by atomic mass is 10.3. The molecule has 44 valence electrons. The number of rotatable bonds is 1. The molecule has 0 bridgehead atoms. The first-order valence-electron chi connectivity index (χ1n) is 2.56. The van der Waals surface area contributed by atoms with E-state index < -0.39 is 0 Å². The van der Waals surface area contributed by atoms with Gasteiger partial charge in [0.05, 0.1) is 3.79 Å². The van der Waals surface area contributed by atoms with Gasteiger partial charge in [-0.3, -0.25) is 0 Å². The SMILES string of the molecule is CCc1ccsc1Br. The van der Waals surface area contributed by atoms with Gasteiger partial charge in [-0.05, 0) is 39.4 Å². The largest absolute Gasteiger partial charge is 0.137 e. The van der Waals surface area contributed by atoms with Crippen LogP contribution in [0.4, 0.5) is 0 Å². The minimum atomic E-state index is 1.13. The van der Waals surface area contributed by atoms with Gasteiger partial charge in [0, 0.05) is 0 Å². The third-order valence-corrected chi connectivity index (χ3v) is 2.89. The Labute approximate surface area is 61.7 Å². The maximum atomic E-state index is 3.44. The van der Waals surface area contributed by atoms with Crippen molar-refractivity contribution in [3.05, 3.63) is 20.8 Å². The van der Waals surface area contributed by atoms with Crippen LogP contribution >= 0.6 is 27.3 Å². The molecule has 1 aromatic heterocycles. The third kappa shape index (κ3) is 1.12. The molecule has 0 saturated carbocycles. The summed E-state index contributed by atoms with van der Waals surface area (Å²) in [6, 6.07) is 2.15. The summed E-state index contributed by atoms with van der Waals surface area (Å²) in [5.74, 6) is 0. The molecule has 1 aromatic rings. The molecule has 0 N–H and O–H groups in total. The Balaban J connectivity index is 2.92. The Kier molecular flexibility index (Phi) is 2.08. The van der Waals surface area contributed by atoms with Gasteiger partial charge in [-0.25, -0.2) is 0 Å². The van der Waals surface area contributed by atoms with Crippen LogP contribution < -0.4 is 0 Å². The van der Waals surface area contributed by atoms with Gasteiger partial charge in [0.2, 0.25) is 0 Å². The van der Waals surface area contributed by atoms with Gasteiger partial charge in [0.15, 0.2) is 0 Å². The van der Waals surface area contributed by atoms with Crippen LogP contribution in [0.3, 0.4) is 0 Å². The topological polar surface area (TPSA) is 0 Å². The summed E-state index contributed by atoms with van der Waals surface area (Å²) in [5, 5.41) is 2.10. The number of halogens is 1. The summed E-state index contributed by atoms with van der Waals surface area (Å²) in [6.07, 6.45) is 1.13. The van der Waals surface area contributed by atoms with Crippen LogP contribution in [-0.4, -0.2) is 0 Å². The van der Waals surface area contributed by atoms with E-state index in [1.54, 1.807) is 11.3 Å². The lowest BCUT2D eigenvalue weighted by Gasteiger charge is -1.85. The van der Waals surface area contributed by atoms with E-state index in [-0.39, 0.29) is 0 Å². The fraction of sp³-hybridized carbons (Fsp3) is 0.333. The van der Waals surface area contributed by atoms with Crippen LogP contribution in [0.5, 0.6) is 0 Å². The van der Waals surface area contributed by atoms with Crippen LogP contribution in [0.25, 0.3) is 0 Å². The summed E-state index contributed by atoms with van der Waals surface area (Å²) >= 11 is 5.19. The van der Waals surface area contributed by atoms with Gasteiger partial charge in [-0.15, -0.1) is 11.3 Å². The second-order valence-corrected chi connectivity index (χ2v) is 3.81. The molecular formula is C6H7BrS. The highest BCUT2D eigenvalue weighted by atomic mass is 79.9. The monoisotopic (exact) mass is 190 g/mol. The van der Waals surface area contributed by atoms with Crippen molar-refractivity contribution in [2.45, 2.75) is 13.3 Å². The van der Waals surface area contributed by atoms with Crippen molar-refractivity contribution in [2.75, 3.05) is 0 Å². The van der Waals surface area contributed by atoms with E-state index in [0.717, 1.165) is 6.42 Å². The van der Waals surface area contributed by atoms with Crippen LogP contribution in [0.15, 0.2) is 15.2 Å². The second-order valence-electron chi connectivity index (χ2n) is 1.57. The molecule has 0 nitrogen and oxygen atoms in total. The van der Waals surface area contributed by atoms with Crippen molar-refractivity contribution in [3.63, 3.8) is 0 Å². The normalized spacial score (nSPS) is 9.75. The minimum Gasteiger partial charge on any atom is -0.137 e. The third-order valence-electron chi connectivity index (χ3n) is 1.07. The summed E-state index contributed by atoms with van der Waals surface area (Å²) in [6.45, 7) is 2.16. The Morgan fingerprint density at radius 3 is 2.75 bits per heavy atom. The van der Waals surface area contributed by atoms with E-state index >= 15 is 0 Å². The average Bonchev–Trinajstić information content (AvgIpc) is 2.14. The summed E-state index contributed by atoms with van der Waals surface area (Å²) in [7, 11) is 0. The van der Waals surface area contributed by atoms with Crippen LogP contribution in [0.1, 0.15) is 12.5 Å². The van der Waals surface area contributed by atoms with Crippen molar-refractivity contribution in [2.24, 2.45) is 0 Å². The highest BCUT2D eigenvalue weighted by Gasteiger charge is 1.94. The molecule has 0 aliphatic heterocycles. The first kappa shape index (κ1) is 6.30. The predicted octanol–water partition coefficient (Wildman–Crippen LogP) is 3.07. The molecule has 0 aliphatic rings. The zero-order valence-electron chi connectivity index (χ0n) is 4.65. The molecule has 0 unspecified atom stereocenters. The molecule has 1 rings (SSSR count). The summed E-state index contributed by atoms with van der Waals surface area (Å²) < 4.78 is 1.28. The summed E-state index contributed by atoms with van der Waals surface area (Å²) in [4.78, 5) is 0.